The normalized spacial score (nSPS) is 23.5. The van der Waals surface area contributed by atoms with Gasteiger partial charge in [-0.25, -0.2) is 0 Å². The predicted octanol–water partition coefficient (Wildman–Crippen LogP) is 2.58. The van der Waals surface area contributed by atoms with E-state index < -0.39 is 9.85 Å². The zero-order chi connectivity index (χ0) is 13.6. The van der Waals surface area contributed by atoms with E-state index in [4.69, 9.17) is 0 Å². The van der Waals surface area contributed by atoms with Crippen LogP contribution in [0.1, 0.15) is 17.0 Å². The highest BCUT2D eigenvalue weighted by Gasteiger charge is 2.34. The van der Waals surface area contributed by atoms with Crippen molar-refractivity contribution in [1.82, 2.24) is 0 Å². The fourth-order valence-corrected chi connectivity index (χ4v) is 2.83. The van der Waals surface area contributed by atoms with Gasteiger partial charge in [0.25, 0.3) is 11.4 Å². The first-order valence-electron chi connectivity index (χ1n) is 5.88. The van der Waals surface area contributed by atoms with Crippen molar-refractivity contribution >= 4 is 5.69 Å². The Hall–Kier alpha value is -2.50. The molecular weight excluding hydrogens is 248 g/mol. The average molecular weight is 258 g/mol. The summed E-state index contributed by atoms with van der Waals surface area (Å²) in [5.74, 6) is 0.127. The Bertz CT molecular complexity index is 648. The highest BCUT2D eigenvalue weighted by Crippen LogP contribution is 2.43. The van der Waals surface area contributed by atoms with Gasteiger partial charge in [-0.05, 0) is 29.5 Å². The molecule has 6 heteroatoms. The van der Waals surface area contributed by atoms with E-state index in [1.807, 2.05) is 6.08 Å². The molecule has 6 nitrogen and oxygen atoms in total. The van der Waals surface area contributed by atoms with Crippen LogP contribution in [0, 0.1) is 26.1 Å². The molecule has 0 spiro atoms. The van der Waals surface area contributed by atoms with E-state index in [-0.39, 0.29) is 23.2 Å². The van der Waals surface area contributed by atoms with Crippen LogP contribution in [0.4, 0.5) is 5.69 Å². The number of nitro benzene ring substituents is 1. The van der Waals surface area contributed by atoms with Crippen LogP contribution < -0.4 is 0 Å². The van der Waals surface area contributed by atoms with Gasteiger partial charge in [-0.2, -0.15) is 0 Å². The van der Waals surface area contributed by atoms with Crippen LogP contribution in [0.15, 0.2) is 42.1 Å². The lowest BCUT2D eigenvalue weighted by atomic mass is 9.88. The number of allylic oxidation sites excluding steroid dienone is 3. The SMILES string of the molecule is O=[N+]([O-])C1=C[C@@H]2Cc3cc([N+](=O)[O-])ccc3[C@@H]2C=C1. The number of fused-ring (bicyclic) bond motifs is 3. The van der Waals surface area contributed by atoms with E-state index in [9.17, 15) is 20.2 Å². The molecule has 0 aliphatic heterocycles. The van der Waals surface area contributed by atoms with Crippen molar-refractivity contribution < 1.29 is 9.85 Å². The molecule has 96 valence electrons. The molecule has 0 bridgehead atoms. The van der Waals surface area contributed by atoms with Crippen LogP contribution in [0.2, 0.25) is 0 Å². The van der Waals surface area contributed by atoms with Crippen molar-refractivity contribution in [2.24, 2.45) is 5.92 Å². The van der Waals surface area contributed by atoms with Crippen LogP contribution in [0.3, 0.4) is 0 Å². The molecule has 0 heterocycles. The summed E-state index contributed by atoms with van der Waals surface area (Å²) < 4.78 is 0. The summed E-state index contributed by atoms with van der Waals surface area (Å²) in [6.45, 7) is 0. The maximum Gasteiger partial charge on any atom is 0.269 e. The molecule has 2 atom stereocenters. The Balaban J connectivity index is 1.98. The molecular formula is C13H10N2O4. The minimum Gasteiger partial charge on any atom is -0.258 e. The summed E-state index contributed by atoms with van der Waals surface area (Å²) in [4.78, 5) is 20.7. The summed E-state index contributed by atoms with van der Waals surface area (Å²) in [5, 5.41) is 21.5. The number of benzene rings is 1. The fourth-order valence-electron chi connectivity index (χ4n) is 2.83. The maximum atomic E-state index is 10.8. The number of hydrogen-bond donors (Lipinski definition) is 0. The van der Waals surface area contributed by atoms with Gasteiger partial charge in [0.1, 0.15) is 0 Å². The highest BCUT2D eigenvalue weighted by molar-refractivity contribution is 5.49. The summed E-state index contributed by atoms with van der Waals surface area (Å²) in [7, 11) is 0. The second-order valence-electron chi connectivity index (χ2n) is 4.74. The first kappa shape index (κ1) is 11.6. The van der Waals surface area contributed by atoms with Gasteiger partial charge in [-0.1, -0.05) is 12.1 Å². The summed E-state index contributed by atoms with van der Waals surface area (Å²) in [6.07, 6.45) is 5.60. The van der Waals surface area contributed by atoms with Gasteiger partial charge < -0.3 is 0 Å². The molecule has 2 aliphatic carbocycles. The van der Waals surface area contributed by atoms with Gasteiger partial charge in [-0.3, -0.25) is 20.2 Å². The summed E-state index contributed by atoms with van der Waals surface area (Å²) >= 11 is 0. The minimum absolute atomic E-state index is 0.0300. The molecule has 1 aromatic carbocycles. The third-order valence-corrected chi connectivity index (χ3v) is 3.68. The lowest BCUT2D eigenvalue weighted by molar-refractivity contribution is -0.419. The standard InChI is InChI=1S/C13H10N2O4/c16-14(17)10-1-3-12-8(6-10)5-9-7-11(15(18)19)2-4-13(9)12/h1-4,6-8,12H,5H2/t8-,12+/m0/s1. The van der Waals surface area contributed by atoms with Crippen molar-refractivity contribution in [3.8, 4) is 0 Å². The van der Waals surface area contributed by atoms with Gasteiger partial charge >= 0.3 is 0 Å². The Kier molecular flexibility index (Phi) is 2.45. The Morgan fingerprint density at radius 1 is 1.16 bits per heavy atom. The first-order valence-corrected chi connectivity index (χ1v) is 5.88. The zero-order valence-electron chi connectivity index (χ0n) is 9.85. The van der Waals surface area contributed by atoms with Crippen LogP contribution in [-0.2, 0) is 6.42 Å². The average Bonchev–Trinajstić information content (AvgIpc) is 2.74. The van der Waals surface area contributed by atoms with E-state index in [0.29, 0.717) is 6.42 Å². The van der Waals surface area contributed by atoms with Gasteiger partial charge in [-0.15, -0.1) is 0 Å². The number of hydrogen-bond acceptors (Lipinski definition) is 4. The molecule has 0 saturated heterocycles. The molecule has 0 saturated carbocycles. The van der Waals surface area contributed by atoms with E-state index in [0.717, 1.165) is 11.1 Å². The zero-order valence-corrected chi connectivity index (χ0v) is 9.85. The Morgan fingerprint density at radius 2 is 1.95 bits per heavy atom. The van der Waals surface area contributed by atoms with Gasteiger partial charge in [0.05, 0.1) is 9.85 Å². The largest absolute Gasteiger partial charge is 0.269 e. The van der Waals surface area contributed by atoms with Crippen LogP contribution in [-0.4, -0.2) is 9.85 Å². The topological polar surface area (TPSA) is 86.3 Å². The fraction of sp³-hybridized carbons (Fsp3) is 0.231. The third-order valence-electron chi connectivity index (χ3n) is 3.68. The third kappa shape index (κ3) is 1.81. The summed E-state index contributed by atoms with van der Waals surface area (Å²) in [6, 6.07) is 4.82. The molecule has 0 radical (unpaired) electrons. The van der Waals surface area contributed by atoms with Crippen molar-refractivity contribution in [2.75, 3.05) is 0 Å². The second kappa shape index (κ2) is 4.01. The van der Waals surface area contributed by atoms with E-state index in [1.165, 1.54) is 12.1 Å². The predicted molar refractivity (Wildman–Crippen MR) is 67.2 cm³/mol. The van der Waals surface area contributed by atoms with Crippen LogP contribution in [0.25, 0.3) is 0 Å². The monoisotopic (exact) mass is 258 g/mol. The van der Waals surface area contributed by atoms with Crippen molar-refractivity contribution in [3.63, 3.8) is 0 Å². The Morgan fingerprint density at radius 3 is 2.63 bits per heavy atom. The second-order valence-corrected chi connectivity index (χ2v) is 4.74. The lowest BCUT2D eigenvalue weighted by Gasteiger charge is -2.15. The van der Waals surface area contributed by atoms with Crippen LogP contribution >= 0.6 is 0 Å². The molecule has 2 aliphatic rings. The molecule has 0 fully saturated rings. The quantitative estimate of drug-likeness (QED) is 0.602. The molecule has 0 unspecified atom stereocenters. The molecule has 0 amide bonds. The van der Waals surface area contributed by atoms with Crippen LogP contribution in [0.5, 0.6) is 0 Å². The van der Waals surface area contributed by atoms with Gasteiger partial charge in [0.2, 0.25) is 0 Å². The van der Waals surface area contributed by atoms with Gasteiger partial charge in [0.15, 0.2) is 0 Å². The highest BCUT2D eigenvalue weighted by atomic mass is 16.6. The van der Waals surface area contributed by atoms with E-state index in [2.05, 4.69) is 0 Å². The van der Waals surface area contributed by atoms with E-state index >= 15 is 0 Å². The number of nitro groups is 2. The van der Waals surface area contributed by atoms with E-state index in [1.54, 1.807) is 18.2 Å². The van der Waals surface area contributed by atoms with Crippen molar-refractivity contribution in [2.45, 2.75) is 12.3 Å². The molecule has 19 heavy (non-hydrogen) atoms. The molecule has 0 N–H and O–H groups in total. The molecule has 3 rings (SSSR count). The van der Waals surface area contributed by atoms with Crippen molar-refractivity contribution in [1.29, 1.82) is 0 Å². The smallest absolute Gasteiger partial charge is 0.258 e. The first-order chi connectivity index (χ1) is 9.06. The number of rotatable bonds is 2. The van der Waals surface area contributed by atoms with Crippen molar-refractivity contribution in [3.05, 3.63) is 73.5 Å². The van der Waals surface area contributed by atoms with Gasteiger partial charge in [0, 0.05) is 24.1 Å². The number of nitrogens with zero attached hydrogens (tertiary/aromatic N) is 2. The minimum atomic E-state index is -0.420. The number of non-ortho nitro benzene ring substituents is 1. The molecule has 0 aromatic heterocycles. The maximum absolute atomic E-state index is 10.8. The summed E-state index contributed by atoms with van der Waals surface area (Å²) in [5.41, 5.74) is 2.11. The Labute approximate surface area is 108 Å². The lowest BCUT2D eigenvalue weighted by Crippen LogP contribution is -2.10. The molecule has 1 aromatic rings.